The fraction of sp³-hybridized carbons (Fsp3) is 0.222. The molecule has 0 fully saturated rings. The lowest BCUT2D eigenvalue weighted by atomic mass is 9.83. The van der Waals surface area contributed by atoms with E-state index in [0.29, 0.717) is 28.3 Å². The first-order valence-corrected chi connectivity index (χ1v) is 7.09. The molecule has 2 N–H and O–H groups in total. The van der Waals surface area contributed by atoms with Crippen LogP contribution in [0.5, 0.6) is 5.75 Å². The molecule has 4 heteroatoms. The molecule has 0 radical (unpaired) electrons. The van der Waals surface area contributed by atoms with E-state index in [2.05, 4.69) is 0 Å². The fourth-order valence-corrected chi connectivity index (χ4v) is 3.01. The van der Waals surface area contributed by atoms with Crippen molar-refractivity contribution in [3.8, 4) is 5.75 Å². The summed E-state index contributed by atoms with van der Waals surface area (Å²) < 4.78 is 0. The lowest BCUT2D eigenvalue weighted by molar-refractivity contribution is -0.111. The van der Waals surface area contributed by atoms with E-state index in [-0.39, 0.29) is 17.3 Å². The van der Waals surface area contributed by atoms with Gasteiger partial charge in [-0.2, -0.15) is 0 Å². The van der Waals surface area contributed by atoms with Gasteiger partial charge in [-0.3, -0.25) is 9.59 Å². The number of rotatable bonds is 2. The molecule has 2 aromatic carbocycles. The maximum absolute atomic E-state index is 11.9. The van der Waals surface area contributed by atoms with Crippen LogP contribution in [-0.4, -0.2) is 27.9 Å². The molecule has 22 heavy (non-hydrogen) atoms. The first-order valence-electron chi connectivity index (χ1n) is 7.09. The third-order valence-corrected chi connectivity index (χ3v) is 4.04. The average Bonchev–Trinajstić information content (AvgIpc) is 2.45. The molecule has 0 bridgehead atoms. The predicted octanol–water partition coefficient (Wildman–Crippen LogP) is 2.64. The molecule has 0 aliphatic heterocycles. The highest BCUT2D eigenvalue weighted by Gasteiger charge is 2.24. The van der Waals surface area contributed by atoms with Crippen molar-refractivity contribution >= 4 is 27.9 Å². The Morgan fingerprint density at radius 2 is 1.82 bits per heavy atom. The van der Waals surface area contributed by atoms with Gasteiger partial charge in [-0.05, 0) is 48.6 Å². The summed E-state index contributed by atoms with van der Waals surface area (Å²) in [5.41, 5.74) is 2.43. The largest absolute Gasteiger partial charge is 0.507 e. The molecule has 0 saturated heterocycles. The number of fused-ring (bicyclic) bond motifs is 3. The molecule has 0 saturated carbocycles. The highest BCUT2D eigenvalue weighted by Crippen LogP contribution is 2.38. The number of hydrogen-bond donors (Lipinski definition) is 2. The molecule has 1 aliphatic rings. The summed E-state index contributed by atoms with van der Waals surface area (Å²) in [6, 6.07) is 6.64. The van der Waals surface area contributed by atoms with Crippen molar-refractivity contribution in [1.82, 2.24) is 0 Å². The van der Waals surface area contributed by atoms with E-state index < -0.39 is 6.10 Å². The van der Waals surface area contributed by atoms with E-state index in [1.54, 1.807) is 30.3 Å². The van der Waals surface area contributed by atoms with Gasteiger partial charge in [0.15, 0.2) is 11.6 Å². The molecular formula is C18H16O4. The Morgan fingerprint density at radius 1 is 1.09 bits per heavy atom. The van der Waals surface area contributed by atoms with Crippen LogP contribution in [0.15, 0.2) is 30.3 Å². The molecular weight excluding hydrogens is 280 g/mol. The highest BCUT2D eigenvalue weighted by molar-refractivity contribution is 6.24. The smallest absolute Gasteiger partial charge is 0.160 e. The van der Waals surface area contributed by atoms with Gasteiger partial charge in [-0.25, -0.2) is 0 Å². The minimum Gasteiger partial charge on any atom is -0.507 e. The van der Waals surface area contributed by atoms with Crippen LogP contribution in [0.4, 0.5) is 0 Å². The molecule has 1 aliphatic carbocycles. The van der Waals surface area contributed by atoms with Crippen molar-refractivity contribution in [3.05, 3.63) is 47.0 Å². The number of benzene rings is 2. The molecule has 2 aromatic rings. The number of Topliss-reactive ketones (excluding diaryl/α,β-unsaturated/α-hetero) is 2. The van der Waals surface area contributed by atoms with Gasteiger partial charge in [0.2, 0.25) is 0 Å². The van der Waals surface area contributed by atoms with Crippen molar-refractivity contribution in [2.45, 2.75) is 26.4 Å². The summed E-state index contributed by atoms with van der Waals surface area (Å²) in [6.45, 7) is 2.92. The van der Waals surface area contributed by atoms with Crippen LogP contribution in [0.1, 0.15) is 35.3 Å². The number of hydrogen-bond acceptors (Lipinski definition) is 4. The number of phenolic OH excluding ortho intramolecular Hbond substituents is 1. The summed E-state index contributed by atoms with van der Waals surface area (Å²) in [5.74, 6) is -0.173. The Kier molecular flexibility index (Phi) is 3.34. The standard InChI is InChI=1S/C18H16O4/c1-9(19)11-3-4-14-16(6-11)17(22)7-12-5-13(21)8-15(10(2)20)18(12)14/h3-4,6-8,13,21-22H,5H2,1-2H3. The van der Waals surface area contributed by atoms with Gasteiger partial charge < -0.3 is 10.2 Å². The van der Waals surface area contributed by atoms with Crippen LogP contribution in [0.2, 0.25) is 0 Å². The van der Waals surface area contributed by atoms with Gasteiger partial charge in [0, 0.05) is 22.9 Å². The Bertz CT molecular complexity index is 846. The Labute approximate surface area is 127 Å². The number of carbonyl (C=O) groups excluding carboxylic acids is 2. The molecule has 0 heterocycles. The van der Waals surface area contributed by atoms with E-state index in [1.165, 1.54) is 13.8 Å². The number of phenols is 1. The van der Waals surface area contributed by atoms with Gasteiger partial charge in [0.25, 0.3) is 0 Å². The highest BCUT2D eigenvalue weighted by atomic mass is 16.3. The number of aliphatic hydroxyl groups is 1. The number of ketones is 2. The second kappa shape index (κ2) is 5.07. The third-order valence-electron chi connectivity index (χ3n) is 4.04. The van der Waals surface area contributed by atoms with Gasteiger partial charge in [-0.1, -0.05) is 12.1 Å². The molecule has 1 atom stereocenters. The summed E-state index contributed by atoms with van der Waals surface area (Å²) in [4.78, 5) is 23.4. The van der Waals surface area contributed by atoms with Crippen molar-refractivity contribution in [2.24, 2.45) is 0 Å². The number of aromatic hydroxyl groups is 1. The van der Waals surface area contributed by atoms with Crippen LogP contribution in [0, 0.1) is 0 Å². The van der Waals surface area contributed by atoms with Gasteiger partial charge in [-0.15, -0.1) is 0 Å². The van der Waals surface area contributed by atoms with E-state index in [0.717, 1.165) is 11.1 Å². The maximum Gasteiger partial charge on any atom is 0.160 e. The summed E-state index contributed by atoms with van der Waals surface area (Å²) >= 11 is 0. The molecule has 0 amide bonds. The summed E-state index contributed by atoms with van der Waals surface area (Å²) in [7, 11) is 0. The van der Waals surface area contributed by atoms with Gasteiger partial charge >= 0.3 is 0 Å². The van der Waals surface area contributed by atoms with Crippen LogP contribution < -0.4 is 0 Å². The summed E-state index contributed by atoms with van der Waals surface area (Å²) in [5, 5.41) is 21.4. The molecule has 0 aromatic heterocycles. The first-order chi connectivity index (χ1) is 10.4. The molecule has 0 spiro atoms. The van der Waals surface area contributed by atoms with Crippen LogP contribution in [0.3, 0.4) is 0 Å². The Hall–Kier alpha value is -2.46. The zero-order chi connectivity index (χ0) is 16.0. The quantitative estimate of drug-likeness (QED) is 0.835. The van der Waals surface area contributed by atoms with Crippen LogP contribution >= 0.6 is 0 Å². The lowest BCUT2D eigenvalue weighted by Gasteiger charge is -2.22. The predicted molar refractivity (Wildman–Crippen MR) is 84.0 cm³/mol. The third kappa shape index (κ3) is 2.22. The number of carbonyl (C=O) groups is 2. The lowest BCUT2D eigenvalue weighted by Crippen LogP contribution is -2.17. The molecule has 112 valence electrons. The number of aliphatic hydroxyl groups excluding tert-OH is 1. The fourth-order valence-electron chi connectivity index (χ4n) is 3.01. The van der Waals surface area contributed by atoms with Crippen molar-refractivity contribution in [2.75, 3.05) is 0 Å². The van der Waals surface area contributed by atoms with E-state index in [4.69, 9.17) is 0 Å². The Morgan fingerprint density at radius 3 is 2.45 bits per heavy atom. The van der Waals surface area contributed by atoms with Crippen molar-refractivity contribution < 1.29 is 19.8 Å². The van der Waals surface area contributed by atoms with Gasteiger partial charge in [0.05, 0.1) is 6.10 Å². The van der Waals surface area contributed by atoms with Crippen LogP contribution in [0.25, 0.3) is 16.3 Å². The topological polar surface area (TPSA) is 74.6 Å². The number of allylic oxidation sites excluding steroid dienone is 1. The van der Waals surface area contributed by atoms with E-state index in [1.807, 2.05) is 0 Å². The maximum atomic E-state index is 11.9. The monoisotopic (exact) mass is 296 g/mol. The second-order valence-electron chi connectivity index (χ2n) is 5.65. The molecule has 4 nitrogen and oxygen atoms in total. The Balaban J connectivity index is 2.37. The first kappa shape index (κ1) is 14.5. The van der Waals surface area contributed by atoms with Crippen LogP contribution in [-0.2, 0) is 11.2 Å². The van der Waals surface area contributed by atoms with E-state index >= 15 is 0 Å². The zero-order valence-corrected chi connectivity index (χ0v) is 12.4. The van der Waals surface area contributed by atoms with E-state index in [9.17, 15) is 19.8 Å². The zero-order valence-electron chi connectivity index (χ0n) is 12.4. The summed E-state index contributed by atoms with van der Waals surface area (Å²) in [6.07, 6.45) is 1.17. The van der Waals surface area contributed by atoms with Crippen molar-refractivity contribution in [3.63, 3.8) is 0 Å². The average molecular weight is 296 g/mol. The molecule has 1 unspecified atom stereocenters. The minimum absolute atomic E-state index is 0.0499. The SMILES string of the molecule is CC(=O)C1=CC(O)Cc2cc(O)c3cc(C(C)=O)ccc3c21. The normalized spacial score (nSPS) is 17.0. The van der Waals surface area contributed by atoms with Gasteiger partial charge in [0.1, 0.15) is 5.75 Å². The molecule has 3 rings (SSSR count). The minimum atomic E-state index is -0.736. The second-order valence-corrected chi connectivity index (χ2v) is 5.65. The van der Waals surface area contributed by atoms with Crippen molar-refractivity contribution in [1.29, 1.82) is 0 Å².